The number of nitrogens with one attached hydrogen (secondary N) is 1. The van der Waals surface area contributed by atoms with E-state index in [1.54, 1.807) is 0 Å². The van der Waals surface area contributed by atoms with E-state index in [1.165, 1.54) is 5.56 Å². The summed E-state index contributed by atoms with van der Waals surface area (Å²) in [5.41, 5.74) is 3.26. The minimum absolute atomic E-state index is 0.00766. The molecular weight excluding hydrogens is 258 g/mol. The normalized spacial score (nSPS) is 12.8. The Morgan fingerprint density at radius 1 is 0.952 bits per heavy atom. The van der Waals surface area contributed by atoms with Crippen LogP contribution in [0.1, 0.15) is 55.2 Å². The minimum Gasteiger partial charge on any atom is -0.346 e. The molecule has 2 aromatic carbocycles. The first-order valence-corrected chi connectivity index (χ1v) is 7.34. The van der Waals surface area contributed by atoms with Crippen LogP contribution in [0.15, 0.2) is 54.6 Å². The summed E-state index contributed by atoms with van der Waals surface area (Å²) in [6.07, 6.45) is 0. The van der Waals surface area contributed by atoms with Gasteiger partial charge in [0.05, 0.1) is 6.04 Å². The van der Waals surface area contributed by atoms with Crippen LogP contribution in [0.4, 0.5) is 0 Å². The van der Waals surface area contributed by atoms with E-state index in [4.69, 9.17) is 0 Å². The molecule has 0 aromatic heterocycles. The number of benzene rings is 2. The third-order valence-electron chi connectivity index (χ3n) is 3.66. The van der Waals surface area contributed by atoms with Crippen LogP contribution in [0, 0.1) is 0 Å². The molecule has 1 amide bonds. The summed E-state index contributed by atoms with van der Waals surface area (Å²) in [6, 6.07) is 17.8. The van der Waals surface area contributed by atoms with Gasteiger partial charge in [-0.3, -0.25) is 4.79 Å². The second-order valence-corrected chi connectivity index (χ2v) is 6.43. The van der Waals surface area contributed by atoms with E-state index >= 15 is 0 Å². The van der Waals surface area contributed by atoms with Crippen LogP contribution in [0.2, 0.25) is 0 Å². The largest absolute Gasteiger partial charge is 0.346 e. The summed E-state index contributed by atoms with van der Waals surface area (Å²) in [6.45, 7) is 8.60. The Kier molecular flexibility index (Phi) is 4.46. The predicted molar refractivity (Wildman–Crippen MR) is 87.5 cm³/mol. The topological polar surface area (TPSA) is 29.1 Å². The Bertz CT molecular complexity index is 594. The summed E-state index contributed by atoms with van der Waals surface area (Å²) < 4.78 is 0. The average molecular weight is 281 g/mol. The quantitative estimate of drug-likeness (QED) is 0.883. The molecule has 0 aliphatic carbocycles. The summed E-state index contributed by atoms with van der Waals surface area (Å²) in [5.74, 6) is -0.0389. The lowest BCUT2D eigenvalue weighted by Gasteiger charge is -2.20. The van der Waals surface area contributed by atoms with Gasteiger partial charge in [0.2, 0.25) is 0 Å². The maximum Gasteiger partial charge on any atom is 0.251 e. The van der Waals surface area contributed by atoms with E-state index in [1.807, 2.05) is 37.3 Å². The second kappa shape index (κ2) is 6.13. The molecular formula is C19H23NO. The fourth-order valence-corrected chi connectivity index (χ4v) is 2.22. The van der Waals surface area contributed by atoms with Crippen molar-refractivity contribution < 1.29 is 4.79 Å². The molecule has 2 aromatic rings. The van der Waals surface area contributed by atoms with Crippen molar-refractivity contribution in [2.45, 2.75) is 39.2 Å². The van der Waals surface area contributed by atoms with Crippen molar-refractivity contribution in [1.29, 1.82) is 0 Å². The number of carbonyl (C=O) groups is 1. The van der Waals surface area contributed by atoms with E-state index in [-0.39, 0.29) is 17.4 Å². The van der Waals surface area contributed by atoms with Crippen LogP contribution in [-0.4, -0.2) is 5.91 Å². The SMILES string of the molecule is CC(NC(=O)c1ccccc1)c1ccc(C(C)(C)C)cc1. The molecule has 21 heavy (non-hydrogen) atoms. The fraction of sp³-hybridized carbons (Fsp3) is 0.316. The van der Waals surface area contributed by atoms with Crippen molar-refractivity contribution in [1.82, 2.24) is 5.32 Å². The maximum atomic E-state index is 12.1. The summed E-state index contributed by atoms with van der Waals surface area (Å²) in [4.78, 5) is 12.1. The molecule has 2 heteroatoms. The summed E-state index contributed by atoms with van der Waals surface area (Å²) >= 11 is 0. The Labute approximate surface area is 127 Å². The third kappa shape index (κ3) is 3.94. The molecule has 1 unspecified atom stereocenters. The molecule has 0 radical (unpaired) electrons. The fourth-order valence-electron chi connectivity index (χ4n) is 2.22. The van der Waals surface area contributed by atoms with Gasteiger partial charge in [0.1, 0.15) is 0 Å². The monoisotopic (exact) mass is 281 g/mol. The molecule has 0 spiro atoms. The summed E-state index contributed by atoms with van der Waals surface area (Å²) in [7, 11) is 0. The number of carbonyl (C=O) groups excluding carboxylic acids is 1. The molecule has 2 nitrogen and oxygen atoms in total. The molecule has 1 N–H and O–H groups in total. The van der Waals surface area contributed by atoms with Crippen LogP contribution < -0.4 is 5.32 Å². The van der Waals surface area contributed by atoms with Gasteiger partial charge in [0, 0.05) is 5.56 Å². The molecule has 0 bridgehead atoms. The van der Waals surface area contributed by atoms with Crippen molar-refractivity contribution in [3.63, 3.8) is 0 Å². The number of hydrogen-bond donors (Lipinski definition) is 1. The van der Waals surface area contributed by atoms with Gasteiger partial charge in [0.25, 0.3) is 5.91 Å². The third-order valence-corrected chi connectivity index (χ3v) is 3.66. The first kappa shape index (κ1) is 15.3. The lowest BCUT2D eigenvalue weighted by molar-refractivity contribution is 0.0940. The van der Waals surface area contributed by atoms with Gasteiger partial charge in [-0.15, -0.1) is 0 Å². The number of hydrogen-bond acceptors (Lipinski definition) is 1. The lowest BCUT2D eigenvalue weighted by Crippen LogP contribution is -2.26. The van der Waals surface area contributed by atoms with Crippen molar-refractivity contribution in [3.05, 3.63) is 71.3 Å². The van der Waals surface area contributed by atoms with Crippen LogP contribution in [-0.2, 0) is 5.41 Å². The first-order valence-electron chi connectivity index (χ1n) is 7.34. The van der Waals surface area contributed by atoms with E-state index in [0.717, 1.165) is 5.56 Å². The van der Waals surface area contributed by atoms with E-state index in [0.29, 0.717) is 5.56 Å². The molecule has 0 saturated carbocycles. The van der Waals surface area contributed by atoms with Gasteiger partial charge < -0.3 is 5.32 Å². The predicted octanol–water partition coefficient (Wildman–Crippen LogP) is 4.48. The van der Waals surface area contributed by atoms with Gasteiger partial charge >= 0.3 is 0 Å². The molecule has 0 aliphatic heterocycles. The van der Waals surface area contributed by atoms with Gasteiger partial charge in [0.15, 0.2) is 0 Å². The van der Waals surface area contributed by atoms with E-state index < -0.39 is 0 Å². The summed E-state index contributed by atoms with van der Waals surface area (Å²) in [5, 5.41) is 3.03. The second-order valence-electron chi connectivity index (χ2n) is 6.43. The minimum atomic E-state index is -0.0389. The van der Waals surface area contributed by atoms with Crippen molar-refractivity contribution in [2.24, 2.45) is 0 Å². The van der Waals surface area contributed by atoms with Gasteiger partial charge in [-0.05, 0) is 35.6 Å². The van der Waals surface area contributed by atoms with Crippen LogP contribution in [0.3, 0.4) is 0 Å². The first-order chi connectivity index (χ1) is 9.88. The zero-order chi connectivity index (χ0) is 15.5. The highest BCUT2D eigenvalue weighted by Crippen LogP contribution is 2.24. The molecule has 2 rings (SSSR count). The molecule has 0 heterocycles. The highest BCUT2D eigenvalue weighted by Gasteiger charge is 2.15. The van der Waals surface area contributed by atoms with Crippen molar-refractivity contribution in [2.75, 3.05) is 0 Å². The molecule has 1 atom stereocenters. The Hall–Kier alpha value is -2.09. The van der Waals surface area contributed by atoms with Gasteiger partial charge in [-0.1, -0.05) is 63.2 Å². The highest BCUT2D eigenvalue weighted by atomic mass is 16.1. The molecule has 110 valence electrons. The van der Waals surface area contributed by atoms with E-state index in [9.17, 15) is 4.79 Å². The standard InChI is InChI=1S/C19H23NO/c1-14(20-18(21)16-8-6-5-7-9-16)15-10-12-17(13-11-15)19(2,3)4/h5-14H,1-4H3,(H,20,21). The highest BCUT2D eigenvalue weighted by molar-refractivity contribution is 5.94. The maximum absolute atomic E-state index is 12.1. The van der Waals surface area contributed by atoms with Crippen LogP contribution >= 0.6 is 0 Å². The number of amides is 1. The Balaban J connectivity index is 2.07. The Morgan fingerprint density at radius 3 is 2.05 bits per heavy atom. The molecule has 0 saturated heterocycles. The smallest absolute Gasteiger partial charge is 0.251 e. The average Bonchev–Trinajstić information content (AvgIpc) is 2.47. The molecule has 0 fully saturated rings. The molecule has 0 aliphatic rings. The van der Waals surface area contributed by atoms with Crippen LogP contribution in [0.25, 0.3) is 0 Å². The van der Waals surface area contributed by atoms with Crippen molar-refractivity contribution >= 4 is 5.91 Å². The lowest BCUT2D eigenvalue weighted by atomic mass is 9.86. The zero-order valence-electron chi connectivity index (χ0n) is 13.2. The van der Waals surface area contributed by atoms with Crippen molar-refractivity contribution in [3.8, 4) is 0 Å². The Morgan fingerprint density at radius 2 is 1.52 bits per heavy atom. The number of rotatable bonds is 3. The van der Waals surface area contributed by atoms with Gasteiger partial charge in [-0.2, -0.15) is 0 Å². The van der Waals surface area contributed by atoms with Crippen LogP contribution in [0.5, 0.6) is 0 Å². The van der Waals surface area contributed by atoms with Gasteiger partial charge in [-0.25, -0.2) is 0 Å². The zero-order valence-corrected chi connectivity index (χ0v) is 13.2. The van der Waals surface area contributed by atoms with E-state index in [2.05, 4.69) is 50.4 Å².